The zero-order chi connectivity index (χ0) is 9.35. The van der Waals surface area contributed by atoms with Crippen LogP contribution >= 0.6 is 0 Å². The second-order valence-corrected chi connectivity index (χ2v) is 2.17. The van der Waals surface area contributed by atoms with Crippen LogP contribution in [0.5, 0.6) is 0 Å². The molecule has 0 amide bonds. The Morgan fingerprint density at radius 1 is 1.33 bits per heavy atom. The van der Waals surface area contributed by atoms with Gasteiger partial charge in [0.1, 0.15) is 0 Å². The lowest BCUT2D eigenvalue weighted by Gasteiger charge is -2.05. The molecule has 0 aliphatic carbocycles. The lowest BCUT2D eigenvalue weighted by atomic mass is 10.2. The zero-order valence-corrected chi connectivity index (χ0v) is 5.82. The summed E-state index contributed by atoms with van der Waals surface area (Å²) in [7, 11) is 0. The van der Waals surface area contributed by atoms with Crippen molar-refractivity contribution in [1.29, 1.82) is 0 Å². The minimum atomic E-state index is -4.74. The number of alkyl halides is 3. The summed E-state index contributed by atoms with van der Waals surface area (Å²) < 4.78 is 48.1. The largest absolute Gasteiger partial charge is 0.436 e. The van der Waals surface area contributed by atoms with Gasteiger partial charge in [0.25, 0.3) is 0 Å². The van der Waals surface area contributed by atoms with Gasteiger partial charge in [-0.3, -0.25) is 0 Å². The van der Waals surface area contributed by atoms with Crippen LogP contribution in [-0.2, 0) is 6.18 Å². The Labute approximate surface area is 66.0 Å². The van der Waals surface area contributed by atoms with Gasteiger partial charge in [-0.05, 0) is 18.6 Å². The van der Waals surface area contributed by atoms with Crippen molar-refractivity contribution >= 4 is 0 Å². The van der Waals surface area contributed by atoms with Gasteiger partial charge in [0.15, 0.2) is 11.5 Å². The highest BCUT2D eigenvalue weighted by molar-refractivity contribution is 5.19. The number of halogens is 4. The van der Waals surface area contributed by atoms with Crippen LogP contribution in [-0.4, -0.2) is 4.98 Å². The molecular formula is C7H4F4N. The van der Waals surface area contributed by atoms with Gasteiger partial charge in [-0.25, -0.2) is 9.37 Å². The summed E-state index contributed by atoms with van der Waals surface area (Å²) in [6, 6.07) is 0.690. The van der Waals surface area contributed by atoms with Crippen molar-refractivity contribution in [1.82, 2.24) is 4.98 Å². The SMILES string of the molecule is [CH2]c1cnc(C(F)(F)F)c(F)c1. The molecule has 1 aromatic heterocycles. The van der Waals surface area contributed by atoms with Crippen LogP contribution in [0.2, 0.25) is 0 Å². The molecule has 0 N–H and O–H groups in total. The van der Waals surface area contributed by atoms with E-state index in [0.717, 1.165) is 6.20 Å². The van der Waals surface area contributed by atoms with Crippen LogP contribution in [0.15, 0.2) is 12.3 Å². The molecule has 1 radical (unpaired) electrons. The first-order chi connectivity index (χ1) is 5.41. The normalized spacial score (nSPS) is 11.8. The van der Waals surface area contributed by atoms with E-state index < -0.39 is 17.7 Å². The third-order valence-corrected chi connectivity index (χ3v) is 1.17. The van der Waals surface area contributed by atoms with Gasteiger partial charge in [0, 0.05) is 6.20 Å². The first-order valence-electron chi connectivity index (χ1n) is 2.96. The average Bonchev–Trinajstić information content (AvgIpc) is 1.83. The van der Waals surface area contributed by atoms with Crippen molar-refractivity contribution in [2.45, 2.75) is 6.18 Å². The van der Waals surface area contributed by atoms with Crippen molar-refractivity contribution < 1.29 is 17.6 Å². The number of nitrogens with zero attached hydrogens (tertiary/aromatic N) is 1. The summed E-state index contributed by atoms with van der Waals surface area (Å²) in [5, 5.41) is 0. The topological polar surface area (TPSA) is 12.9 Å². The molecule has 0 fully saturated rings. The minimum Gasteiger partial charge on any atom is -0.249 e. The third-order valence-electron chi connectivity index (χ3n) is 1.17. The van der Waals surface area contributed by atoms with Gasteiger partial charge < -0.3 is 0 Å². The highest BCUT2D eigenvalue weighted by Gasteiger charge is 2.35. The fourth-order valence-corrected chi connectivity index (χ4v) is 0.686. The molecule has 65 valence electrons. The first kappa shape index (κ1) is 8.96. The lowest BCUT2D eigenvalue weighted by Crippen LogP contribution is -2.10. The second-order valence-electron chi connectivity index (χ2n) is 2.17. The van der Waals surface area contributed by atoms with Gasteiger partial charge in [-0.15, -0.1) is 0 Å². The van der Waals surface area contributed by atoms with Crippen LogP contribution in [0.3, 0.4) is 0 Å². The van der Waals surface area contributed by atoms with Gasteiger partial charge in [-0.1, -0.05) is 0 Å². The maximum atomic E-state index is 12.5. The molecule has 5 heteroatoms. The molecule has 0 aliphatic heterocycles. The van der Waals surface area contributed by atoms with Crippen LogP contribution in [0.1, 0.15) is 11.3 Å². The van der Waals surface area contributed by atoms with Crippen molar-refractivity contribution in [3.8, 4) is 0 Å². The van der Waals surface area contributed by atoms with E-state index in [1.54, 1.807) is 0 Å². The average molecular weight is 178 g/mol. The third kappa shape index (κ3) is 1.72. The van der Waals surface area contributed by atoms with Crippen molar-refractivity contribution in [2.75, 3.05) is 0 Å². The minimum absolute atomic E-state index is 0.112. The summed E-state index contributed by atoms with van der Waals surface area (Å²) in [5.74, 6) is -1.39. The van der Waals surface area contributed by atoms with Crippen LogP contribution in [0.4, 0.5) is 17.6 Å². The molecule has 1 heterocycles. The number of hydrogen-bond donors (Lipinski definition) is 0. The van der Waals surface area contributed by atoms with Crippen molar-refractivity contribution in [3.05, 3.63) is 36.3 Å². The predicted molar refractivity (Wildman–Crippen MR) is 33.7 cm³/mol. The summed E-state index contributed by atoms with van der Waals surface area (Å²) in [6.07, 6.45) is -3.87. The quantitative estimate of drug-likeness (QED) is 0.556. The van der Waals surface area contributed by atoms with E-state index in [0.29, 0.717) is 6.07 Å². The monoisotopic (exact) mass is 178 g/mol. The summed E-state index contributed by atoms with van der Waals surface area (Å²) >= 11 is 0. The molecule has 0 unspecified atom stereocenters. The first-order valence-corrected chi connectivity index (χ1v) is 2.96. The highest BCUT2D eigenvalue weighted by atomic mass is 19.4. The zero-order valence-electron chi connectivity index (χ0n) is 5.82. The number of pyridine rings is 1. The number of aromatic nitrogens is 1. The molecular weight excluding hydrogens is 174 g/mol. The van der Waals surface area contributed by atoms with E-state index >= 15 is 0 Å². The smallest absolute Gasteiger partial charge is 0.249 e. The van der Waals surface area contributed by atoms with Crippen molar-refractivity contribution in [3.63, 3.8) is 0 Å². The molecule has 12 heavy (non-hydrogen) atoms. The van der Waals surface area contributed by atoms with Crippen LogP contribution < -0.4 is 0 Å². The molecule has 0 aliphatic rings. The summed E-state index contributed by atoms with van der Waals surface area (Å²) in [4.78, 5) is 2.89. The summed E-state index contributed by atoms with van der Waals surface area (Å²) in [5.41, 5.74) is -1.39. The molecule has 0 atom stereocenters. The van der Waals surface area contributed by atoms with E-state index in [4.69, 9.17) is 0 Å². The van der Waals surface area contributed by atoms with Gasteiger partial charge in [0.05, 0.1) is 0 Å². The molecule has 0 bridgehead atoms. The maximum absolute atomic E-state index is 12.5. The molecule has 0 aromatic carbocycles. The highest BCUT2D eigenvalue weighted by Crippen LogP contribution is 2.29. The Morgan fingerprint density at radius 2 is 1.92 bits per heavy atom. The second kappa shape index (κ2) is 2.73. The molecule has 0 saturated carbocycles. The Morgan fingerprint density at radius 3 is 2.33 bits per heavy atom. The Bertz CT molecular complexity index is 292. The predicted octanol–water partition coefficient (Wildman–Crippen LogP) is 2.42. The Balaban J connectivity index is 3.19. The molecule has 0 saturated heterocycles. The molecule has 0 spiro atoms. The summed E-state index contributed by atoms with van der Waals surface area (Å²) in [6.45, 7) is 3.23. The van der Waals surface area contributed by atoms with Crippen LogP contribution in [0, 0.1) is 12.7 Å². The number of hydrogen-bond acceptors (Lipinski definition) is 1. The van der Waals surface area contributed by atoms with Crippen molar-refractivity contribution in [2.24, 2.45) is 0 Å². The Hall–Kier alpha value is -1.13. The Kier molecular flexibility index (Phi) is 2.04. The molecule has 1 rings (SSSR count). The van der Waals surface area contributed by atoms with Gasteiger partial charge in [0.2, 0.25) is 0 Å². The van der Waals surface area contributed by atoms with E-state index in [1.807, 2.05) is 0 Å². The fourth-order valence-electron chi connectivity index (χ4n) is 0.686. The maximum Gasteiger partial charge on any atom is 0.436 e. The molecule has 1 nitrogen and oxygen atoms in total. The molecule has 1 aromatic rings. The van der Waals surface area contributed by atoms with E-state index in [-0.39, 0.29) is 5.56 Å². The van der Waals surface area contributed by atoms with E-state index in [9.17, 15) is 17.6 Å². The van der Waals surface area contributed by atoms with Gasteiger partial charge in [-0.2, -0.15) is 13.2 Å². The van der Waals surface area contributed by atoms with Crippen LogP contribution in [0.25, 0.3) is 0 Å². The number of rotatable bonds is 0. The van der Waals surface area contributed by atoms with Gasteiger partial charge >= 0.3 is 6.18 Å². The fraction of sp³-hybridized carbons (Fsp3) is 0.143. The standard InChI is InChI=1S/C7H4F4N/c1-4-2-5(8)6(12-3-4)7(9,10)11/h2-3H,1H2. The lowest BCUT2D eigenvalue weighted by molar-refractivity contribution is -0.143. The van der Waals surface area contributed by atoms with E-state index in [1.165, 1.54) is 0 Å². The van der Waals surface area contributed by atoms with E-state index in [2.05, 4.69) is 11.9 Å².